The molecule has 20 heavy (non-hydrogen) atoms. The summed E-state index contributed by atoms with van der Waals surface area (Å²) in [7, 11) is 1.60. The number of aromatic nitrogens is 1. The van der Waals surface area contributed by atoms with E-state index in [4.69, 9.17) is 14.0 Å². The van der Waals surface area contributed by atoms with Gasteiger partial charge in [0.2, 0.25) is 0 Å². The maximum absolute atomic E-state index is 9.31. The number of aliphatic hydroxyl groups is 1. The molecule has 1 aromatic carbocycles. The van der Waals surface area contributed by atoms with Crippen molar-refractivity contribution in [3.63, 3.8) is 0 Å². The van der Waals surface area contributed by atoms with Crippen LogP contribution in [-0.4, -0.2) is 23.5 Å². The zero-order chi connectivity index (χ0) is 14.4. The molecule has 0 amide bonds. The Morgan fingerprint density at radius 1 is 1.25 bits per heavy atom. The molecule has 1 aromatic heterocycles. The van der Waals surface area contributed by atoms with Crippen molar-refractivity contribution in [1.29, 1.82) is 0 Å². The van der Waals surface area contributed by atoms with Crippen LogP contribution in [0.3, 0.4) is 0 Å². The lowest BCUT2D eigenvalue weighted by Crippen LogP contribution is -2.03. The van der Waals surface area contributed by atoms with Gasteiger partial charge in [-0.15, -0.1) is 0 Å². The number of nitrogens with zero attached hydrogens (tertiary/aromatic N) is 1. The highest BCUT2D eigenvalue weighted by Crippen LogP contribution is 2.15. The molecule has 1 heterocycles. The highest BCUT2D eigenvalue weighted by atomic mass is 16.5. The number of hydrogen-bond donors (Lipinski definition) is 1. The number of rotatable bonds is 7. The van der Waals surface area contributed by atoms with Gasteiger partial charge in [0.1, 0.15) is 24.7 Å². The Morgan fingerprint density at radius 2 is 2.00 bits per heavy atom. The van der Waals surface area contributed by atoms with E-state index in [1.165, 1.54) is 0 Å². The van der Waals surface area contributed by atoms with Gasteiger partial charge < -0.3 is 19.1 Å². The molecule has 0 saturated carbocycles. The standard InChI is InChI=1S/C15H19NO4/c1-11(17)7-12-3-5-14(6-4-12)19-9-13-8-15(10-18-2)20-16-13/h3-6,8,11,17H,7,9-10H2,1-2H3. The summed E-state index contributed by atoms with van der Waals surface area (Å²) in [6, 6.07) is 9.47. The molecule has 1 N–H and O–H groups in total. The second-order valence-corrected chi connectivity index (χ2v) is 4.70. The Hall–Kier alpha value is -1.85. The summed E-state index contributed by atoms with van der Waals surface area (Å²) in [6.45, 7) is 2.52. The van der Waals surface area contributed by atoms with E-state index in [1.807, 2.05) is 30.3 Å². The lowest BCUT2D eigenvalue weighted by Gasteiger charge is -2.07. The number of ether oxygens (including phenoxy) is 2. The molecule has 0 bridgehead atoms. The van der Waals surface area contributed by atoms with Crippen molar-refractivity contribution in [2.45, 2.75) is 32.7 Å². The third-order valence-corrected chi connectivity index (χ3v) is 2.74. The molecular weight excluding hydrogens is 258 g/mol. The molecule has 0 aliphatic heterocycles. The molecule has 0 radical (unpaired) electrons. The summed E-state index contributed by atoms with van der Waals surface area (Å²) in [5.41, 5.74) is 1.81. The third-order valence-electron chi connectivity index (χ3n) is 2.74. The fourth-order valence-electron chi connectivity index (χ4n) is 1.85. The van der Waals surface area contributed by atoms with Crippen LogP contribution in [-0.2, 0) is 24.4 Å². The summed E-state index contributed by atoms with van der Waals surface area (Å²) in [5, 5.41) is 13.2. The average Bonchev–Trinajstić information content (AvgIpc) is 2.86. The largest absolute Gasteiger partial charge is 0.487 e. The zero-order valence-corrected chi connectivity index (χ0v) is 11.7. The Kier molecular flexibility index (Phi) is 5.15. The van der Waals surface area contributed by atoms with Gasteiger partial charge in [0.15, 0.2) is 5.76 Å². The quantitative estimate of drug-likeness (QED) is 0.841. The maximum atomic E-state index is 9.31. The molecule has 0 aliphatic carbocycles. The van der Waals surface area contributed by atoms with Gasteiger partial charge in [0.05, 0.1) is 6.10 Å². The van der Waals surface area contributed by atoms with Crippen LogP contribution in [0.1, 0.15) is 23.9 Å². The second-order valence-electron chi connectivity index (χ2n) is 4.70. The monoisotopic (exact) mass is 277 g/mol. The van der Waals surface area contributed by atoms with Crippen LogP contribution in [0.15, 0.2) is 34.9 Å². The summed E-state index contributed by atoms with van der Waals surface area (Å²) in [6.07, 6.45) is 0.306. The topological polar surface area (TPSA) is 64.7 Å². The lowest BCUT2D eigenvalue weighted by molar-refractivity contribution is 0.155. The molecule has 1 atom stereocenters. The highest BCUT2D eigenvalue weighted by molar-refractivity contribution is 5.27. The van der Waals surface area contributed by atoms with E-state index in [9.17, 15) is 5.11 Å². The van der Waals surface area contributed by atoms with Crippen LogP contribution in [0.4, 0.5) is 0 Å². The van der Waals surface area contributed by atoms with Gasteiger partial charge in [-0.25, -0.2) is 0 Å². The van der Waals surface area contributed by atoms with Gasteiger partial charge in [-0.3, -0.25) is 0 Å². The van der Waals surface area contributed by atoms with Crippen molar-refractivity contribution in [3.05, 3.63) is 47.3 Å². The van der Waals surface area contributed by atoms with Gasteiger partial charge in [0, 0.05) is 13.2 Å². The molecule has 0 saturated heterocycles. The van der Waals surface area contributed by atoms with E-state index in [-0.39, 0.29) is 6.10 Å². The molecule has 5 nitrogen and oxygen atoms in total. The van der Waals surface area contributed by atoms with Gasteiger partial charge >= 0.3 is 0 Å². The van der Waals surface area contributed by atoms with Crippen LogP contribution in [0, 0.1) is 0 Å². The number of benzene rings is 1. The van der Waals surface area contributed by atoms with Crippen molar-refractivity contribution >= 4 is 0 Å². The molecule has 2 aromatic rings. The Balaban J connectivity index is 1.86. The molecule has 0 aliphatic rings. The summed E-state index contributed by atoms with van der Waals surface area (Å²) in [4.78, 5) is 0. The molecule has 108 valence electrons. The van der Waals surface area contributed by atoms with Gasteiger partial charge in [-0.2, -0.15) is 0 Å². The fourth-order valence-corrected chi connectivity index (χ4v) is 1.85. The van der Waals surface area contributed by atoms with Gasteiger partial charge in [-0.1, -0.05) is 17.3 Å². The van der Waals surface area contributed by atoms with Crippen LogP contribution in [0.25, 0.3) is 0 Å². The first kappa shape index (κ1) is 14.6. The summed E-state index contributed by atoms with van der Waals surface area (Å²) >= 11 is 0. The van der Waals surface area contributed by atoms with E-state index in [2.05, 4.69) is 5.16 Å². The average molecular weight is 277 g/mol. The van der Waals surface area contributed by atoms with Crippen LogP contribution in [0.2, 0.25) is 0 Å². The summed E-state index contributed by atoms with van der Waals surface area (Å²) < 4.78 is 15.6. The van der Waals surface area contributed by atoms with Crippen molar-refractivity contribution in [3.8, 4) is 5.75 Å². The summed E-state index contributed by atoms with van der Waals surface area (Å²) in [5.74, 6) is 1.44. The fraction of sp³-hybridized carbons (Fsp3) is 0.400. The minimum Gasteiger partial charge on any atom is -0.487 e. The van der Waals surface area contributed by atoms with E-state index >= 15 is 0 Å². The lowest BCUT2D eigenvalue weighted by atomic mass is 10.1. The first-order chi connectivity index (χ1) is 9.67. The van der Waals surface area contributed by atoms with Crippen LogP contribution >= 0.6 is 0 Å². The first-order valence-electron chi connectivity index (χ1n) is 6.50. The predicted molar refractivity (Wildman–Crippen MR) is 73.4 cm³/mol. The molecule has 2 rings (SSSR count). The number of hydrogen-bond acceptors (Lipinski definition) is 5. The van der Waals surface area contributed by atoms with Crippen molar-refractivity contribution in [2.24, 2.45) is 0 Å². The van der Waals surface area contributed by atoms with E-state index in [0.717, 1.165) is 17.0 Å². The van der Waals surface area contributed by atoms with Gasteiger partial charge in [0.25, 0.3) is 0 Å². The first-order valence-corrected chi connectivity index (χ1v) is 6.50. The van der Waals surface area contributed by atoms with E-state index in [0.29, 0.717) is 25.4 Å². The zero-order valence-electron chi connectivity index (χ0n) is 11.7. The van der Waals surface area contributed by atoms with Crippen LogP contribution in [0.5, 0.6) is 5.75 Å². The van der Waals surface area contributed by atoms with E-state index in [1.54, 1.807) is 14.0 Å². The Labute approximate surface area is 118 Å². The molecular formula is C15H19NO4. The molecule has 0 fully saturated rings. The maximum Gasteiger partial charge on any atom is 0.162 e. The van der Waals surface area contributed by atoms with Gasteiger partial charge in [-0.05, 0) is 31.0 Å². The van der Waals surface area contributed by atoms with Crippen molar-refractivity contribution in [2.75, 3.05) is 7.11 Å². The highest BCUT2D eigenvalue weighted by Gasteiger charge is 2.05. The minimum atomic E-state index is -0.337. The normalized spacial score (nSPS) is 12.3. The molecule has 1 unspecified atom stereocenters. The number of methoxy groups -OCH3 is 1. The minimum absolute atomic E-state index is 0.337. The Morgan fingerprint density at radius 3 is 2.65 bits per heavy atom. The van der Waals surface area contributed by atoms with Crippen molar-refractivity contribution in [1.82, 2.24) is 5.16 Å². The number of aliphatic hydroxyl groups excluding tert-OH is 1. The van der Waals surface area contributed by atoms with Crippen molar-refractivity contribution < 1.29 is 19.1 Å². The van der Waals surface area contributed by atoms with E-state index < -0.39 is 0 Å². The molecule has 5 heteroatoms. The smallest absolute Gasteiger partial charge is 0.162 e. The third kappa shape index (κ3) is 4.36. The van der Waals surface area contributed by atoms with Crippen LogP contribution < -0.4 is 4.74 Å². The SMILES string of the molecule is COCc1cc(COc2ccc(CC(C)O)cc2)no1. The Bertz CT molecular complexity index is 519. The predicted octanol–water partition coefficient (Wildman–Crippen LogP) is 2.32. The second kappa shape index (κ2) is 7.07. The molecule has 0 spiro atoms.